The number of morpholine rings is 1. The molecule has 0 bridgehead atoms. The molecule has 5 nitrogen and oxygen atoms in total. The van der Waals surface area contributed by atoms with Crippen LogP contribution in [0.3, 0.4) is 0 Å². The molecule has 1 aliphatic heterocycles. The highest BCUT2D eigenvalue weighted by molar-refractivity contribution is 5.85. The lowest BCUT2D eigenvalue weighted by Gasteiger charge is -2.26. The average molecular weight is 365 g/mol. The standard InChI is InChI=1S/C16H28N4O.2ClH/c1-13(2)20-15(11-16(18-20)14-3-4-14)12-17-5-6-19-7-9-21-10-8-19;;/h11,13-14,17H,3-10,12H2,1-2H3;2*1H. The summed E-state index contributed by atoms with van der Waals surface area (Å²) in [5.41, 5.74) is 2.63. The maximum absolute atomic E-state index is 5.37. The first kappa shape index (κ1) is 20.7. The largest absolute Gasteiger partial charge is 0.379 e. The number of hydrogen-bond acceptors (Lipinski definition) is 4. The second-order valence-corrected chi connectivity index (χ2v) is 6.50. The molecule has 3 rings (SSSR count). The summed E-state index contributed by atoms with van der Waals surface area (Å²) in [4.78, 5) is 2.46. The fourth-order valence-corrected chi connectivity index (χ4v) is 2.89. The summed E-state index contributed by atoms with van der Waals surface area (Å²) in [6.45, 7) is 11.4. The summed E-state index contributed by atoms with van der Waals surface area (Å²) in [5, 5.41) is 8.36. The minimum Gasteiger partial charge on any atom is -0.379 e. The van der Waals surface area contributed by atoms with Gasteiger partial charge in [-0.05, 0) is 32.8 Å². The maximum Gasteiger partial charge on any atom is 0.0659 e. The van der Waals surface area contributed by atoms with Crippen LogP contribution in [-0.2, 0) is 11.3 Å². The third-order valence-electron chi connectivity index (χ3n) is 4.33. The highest BCUT2D eigenvalue weighted by atomic mass is 35.5. The van der Waals surface area contributed by atoms with E-state index in [0.717, 1.165) is 51.9 Å². The Hall–Kier alpha value is -0.330. The van der Waals surface area contributed by atoms with Crippen molar-refractivity contribution in [2.45, 2.75) is 45.2 Å². The molecule has 7 heteroatoms. The Morgan fingerprint density at radius 3 is 2.57 bits per heavy atom. The number of rotatable bonds is 7. The van der Waals surface area contributed by atoms with Gasteiger partial charge in [-0.1, -0.05) is 0 Å². The predicted octanol–water partition coefficient (Wildman–Crippen LogP) is 2.61. The van der Waals surface area contributed by atoms with Crippen molar-refractivity contribution in [2.75, 3.05) is 39.4 Å². The van der Waals surface area contributed by atoms with Crippen LogP contribution in [0.25, 0.3) is 0 Å². The Morgan fingerprint density at radius 2 is 1.96 bits per heavy atom. The SMILES string of the molecule is CC(C)n1nc(C2CC2)cc1CNCCN1CCOCC1.Cl.Cl. The molecule has 1 saturated heterocycles. The quantitative estimate of drug-likeness (QED) is 0.755. The minimum atomic E-state index is 0. The smallest absolute Gasteiger partial charge is 0.0659 e. The van der Waals surface area contributed by atoms with Gasteiger partial charge in [0, 0.05) is 44.7 Å². The Morgan fingerprint density at radius 1 is 1.26 bits per heavy atom. The summed E-state index contributed by atoms with van der Waals surface area (Å²) in [6, 6.07) is 2.74. The van der Waals surface area contributed by atoms with Crippen LogP contribution in [-0.4, -0.2) is 54.1 Å². The molecule has 0 atom stereocenters. The van der Waals surface area contributed by atoms with Crippen molar-refractivity contribution in [3.05, 3.63) is 17.5 Å². The molecule has 2 fully saturated rings. The summed E-state index contributed by atoms with van der Waals surface area (Å²) < 4.78 is 7.56. The first-order valence-electron chi connectivity index (χ1n) is 8.33. The summed E-state index contributed by atoms with van der Waals surface area (Å²) in [5.74, 6) is 0.733. The molecule has 0 aromatic carbocycles. The van der Waals surface area contributed by atoms with Crippen LogP contribution < -0.4 is 5.32 Å². The third kappa shape index (κ3) is 5.91. The lowest BCUT2D eigenvalue weighted by atomic mass is 10.2. The van der Waals surface area contributed by atoms with Crippen LogP contribution in [0.15, 0.2) is 6.07 Å². The van der Waals surface area contributed by atoms with E-state index in [1.54, 1.807) is 0 Å². The van der Waals surface area contributed by atoms with Gasteiger partial charge in [-0.15, -0.1) is 24.8 Å². The summed E-state index contributed by atoms with van der Waals surface area (Å²) in [6.07, 6.45) is 2.64. The molecule has 23 heavy (non-hydrogen) atoms. The molecule has 0 radical (unpaired) electrons. The van der Waals surface area contributed by atoms with Gasteiger partial charge in [0.1, 0.15) is 0 Å². The highest BCUT2D eigenvalue weighted by Crippen LogP contribution is 2.39. The van der Waals surface area contributed by atoms with Gasteiger partial charge in [0.25, 0.3) is 0 Å². The molecule has 1 aliphatic carbocycles. The minimum absolute atomic E-state index is 0. The van der Waals surface area contributed by atoms with E-state index in [0.29, 0.717) is 6.04 Å². The number of halogens is 2. The Kier molecular flexibility index (Phi) is 8.86. The second-order valence-electron chi connectivity index (χ2n) is 6.50. The Labute approximate surface area is 152 Å². The van der Waals surface area contributed by atoms with Crippen molar-refractivity contribution in [2.24, 2.45) is 0 Å². The van der Waals surface area contributed by atoms with Crippen molar-refractivity contribution < 1.29 is 4.74 Å². The van der Waals surface area contributed by atoms with E-state index in [-0.39, 0.29) is 24.8 Å². The molecule has 1 N–H and O–H groups in total. The molecule has 0 unspecified atom stereocenters. The fraction of sp³-hybridized carbons (Fsp3) is 0.812. The van der Waals surface area contributed by atoms with Gasteiger partial charge in [-0.3, -0.25) is 9.58 Å². The van der Waals surface area contributed by atoms with Crippen molar-refractivity contribution in [1.82, 2.24) is 20.0 Å². The van der Waals surface area contributed by atoms with Crippen molar-refractivity contribution in [3.8, 4) is 0 Å². The van der Waals surface area contributed by atoms with Gasteiger partial charge in [0.2, 0.25) is 0 Å². The van der Waals surface area contributed by atoms with Crippen molar-refractivity contribution >= 4 is 24.8 Å². The molecular weight excluding hydrogens is 335 g/mol. The molecule has 1 saturated carbocycles. The molecule has 1 aromatic rings. The highest BCUT2D eigenvalue weighted by Gasteiger charge is 2.27. The first-order valence-corrected chi connectivity index (χ1v) is 8.33. The van der Waals surface area contributed by atoms with Gasteiger partial charge in [-0.25, -0.2) is 0 Å². The topological polar surface area (TPSA) is 42.3 Å². The number of hydrogen-bond donors (Lipinski definition) is 1. The van der Waals surface area contributed by atoms with Gasteiger partial charge in [0.15, 0.2) is 0 Å². The third-order valence-corrected chi connectivity index (χ3v) is 4.33. The monoisotopic (exact) mass is 364 g/mol. The molecule has 2 aliphatic rings. The molecular formula is C16H30Cl2N4O. The van der Waals surface area contributed by atoms with Gasteiger partial charge >= 0.3 is 0 Å². The zero-order valence-electron chi connectivity index (χ0n) is 14.2. The van der Waals surface area contributed by atoms with Crippen molar-refractivity contribution in [1.29, 1.82) is 0 Å². The molecule has 0 amide bonds. The van der Waals surface area contributed by atoms with Gasteiger partial charge in [0.05, 0.1) is 24.6 Å². The Bertz CT molecular complexity index is 457. The summed E-state index contributed by atoms with van der Waals surface area (Å²) in [7, 11) is 0. The van der Waals surface area contributed by atoms with E-state index >= 15 is 0 Å². The van der Waals surface area contributed by atoms with Crippen LogP contribution >= 0.6 is 24.8 Å². The van der Waals surface area contributed by atoms with E-state index in [2.05, 4.69) is 34.8 Å². The predicted molar refractivity (Wildman–Crippen MR) is 98.0 cm³/mol. The summed E-state index contributed by atoms with van der Waals surface area (Å²) >= 11 is 0. The van der Waals surface area contributed by atoms with E-state index in [9.17, 15) is 0 Å². The number of aromatic nitrogens is 2. The number of nitrogens with one attached hydrogen (secondary N) is 1. The average Bonchev–Trinajstić information content (AvgIpc) is 3.25. The van der Waals surface area contributed by atoms with E-state index < -0.39 is 0 Å². The maximum atomic E-state index is 5.37. The lowest BCUT2D eigenvalue weighted by Crippen LogP contribution is -2.40. The van der Waals surface area contributed by atoms with E-state index in [4.69, 9.17) is 9.84 Å². The fourth-order valence-electron chi connectivity index (χ4n) is 2.89. The van der Waals surface area contributed by atoms with E-state index in [1.165, 1.54) is 24.2 Å². The van der Waals surface area contributed by atoms with Crippen molar-refractivity contribution in [3.63, 3.8) is 0 Å². The normalized spacial score (nSPS) is 18.6. The van der Waals surface area contributed by atoms with E-state index in [1.807, 2.05) is 0 Å². The van der Waals surface area contributed by atoms with Crippen LogP contribution in [0.4, 0.5) is 0 Å². The van der Waals surface area contributed by atoms with Gasteiger partial charge < -0.3 is 10.1 Å². The molecule has 1 aromatic heterocycles. The Balaban J connectivity index is 0.00000132. The number of nitrogens with zero attached hydrogens (tertiary/aromatic N) is 3. The lowest BCUT2D eigenvalue weighted by molar-refractivity contribution is 0.0384. The van der Waals surface area contributed by atoms with Crippen LogP contribution in [0.2, 0.25) is 0 Å². The van der Waals surface area contributed by atoms with Crippen LogP contribution in [0, 0.1) is 0 Å². The zero-order valence-corrected chi connectivity index (χ0v) is 15.8. The number of ether oxygens (including phenoxy) is 1. The van der Waals surface area contributed by atoms with Gasteiger partial charge in [-0.2, -0.15) is 5.10 Å². The molecule has 2 heterocycles. The van der Waals surface area contributed by atoms with Crippen LogP contribution in [0.1, 0.15) is 50.0 Å². The second kappa shape index (κ2) is 9.84. The molecule has 134 valence electrons. The first-order chi connectivity index (χ1) is 10.2. The zero-order chi connectivity index (χ0) is 14.7. The van der Waals surface area contributed by atoms with Crippen LogP contribution in [0.5, 0.6) is 0 Å². The molecule has 0 spiro atoms.